The molecule has 0 aromatic heterocycles. The topological polar surface area (TPSA) is 20.2 Å². The van der Waals surface area contributed by atoms with Crippen LogP contribution in [0.4, 0.5) is 0 Å². The van der Waals surface area contributed by atoms with Crippen LogP contribution in [0.5, 0.6) is 0 Å². The molecule has 3 aliphatic rings. The molecule has 0 aromatic rings. The van der Waals surface area contributed by atoms with Crippen molar-refractivity contribution in [1.29, 1.82) is 0 Å². The van der Waals surface area contributed by atoms with Crippen LogP contribution in [0.25, 0.3) is 0 Å². The van der Waals surface area contributed by atoms with Gasteiger partial charge in [-0.15, -0.1) is 0 Å². The summed E-state index contributed by atoms with van der Waals surface area (Å²) in [6, 6.07) is 0. The second-order valence-corrected chi connectivity index (χ2v) is 12.6. The van der Waals surface area contributed by atoms with Gasteiger partial charge in [0.25, 0.3) is 0 Å². The third-order valence-corrected chi connectivity index (χ3v) is 10.4. The van der Waals surface area contributed by atoms with Crippen LogP contribution in [0.15, 0.2) is 23.3 Å². The molecule has 3 aliphatic carbocycles. The SMILES string of the molecule is CC(C)=C1CC[C@H]2C(CC[C@@]3(C)[C@H]([C@H](C)C/C=C/C(C)C)CC[C@]23C)CC1CCCO. The molecule has 1 heteroatoms. The van der Waals surface area contributed by atoms with Crippen LogP contribution in [0.1, 0.15) is 113 Å². The van der Waals surface area contributed by atoms with Gasteiger partial charge in [0.05, 0.1) is 0 Å². The van der Waals surface area contributed by atoms with Crippen molar-refractivity contribution in [1.82, 2.24) is 0 Å². The van der Waals surface area contributed by atoms with Gasteiger partial charge in [-0.2, -0.15) is 0 Å². The van der Waals surface area contributed by atoms with Crippen LogP contribution in [-0.2, 0) is 0 Å². The van der Waals surface area contributed by atoms with E-state index in [1.165, 1.54) is 57.8 Å². The smallest absolute Gasteiger partial charge is 0.0431 e. The van der Waals surface area contributed by atoms with Gasteiger partial charge in [-0.05, 0) is 124 Å². The van der Waals surface area contributed by atoms with E-state index in [4.69, 9.17) is 0 Å². The van der Waals surface area contributed by atoms with Crippen LogP contribution in [0, 0.1) is 46.3 Å². The molecule has 3 rings (SSSR count). The summed E-state index contributed by atoms with van der Waals surface area (Å²) in [4.78, 5) is 0. The van der Waals surface area contributed by atoms with E-state index in [0.717, 1.165) is 36.0 Å². The van der Waals surface area contributed by atoms with Gasteiger partial charge in [-0.1, -0.05) is 57.9 Å². The number of fused-ring (bicyclic) bond motifs is 3. The Hall–Kier alpha value is -0.560. The maximum atomic E-state index is 9.47. The molecule has 0 aromatic carbocycles. The zero-order valence-corrected chi connectivity index (χ0v) is 21.8. The van der Waals surface area contributed by atoms with Crippen molar-refractivity contribution in [3.63, 3.8) is 0 Å². The lowest BCUT2D eigenvalue weighted by atomic mass is 9.48. The minimum atomic E-state index is 0.348. The van der Waals surface area contributed by atoms with Crippen molar-refractivity contribution in [2.24, 2.45) is 46.3 Å². The second-order valence-electron chi connectivity index (χ2n) is 12.6. The molecule has 2 unspecified atom stereocenters. The Kier molecular flexibility index (Phi) is 8.21. The van der Waals surface area contributed by atoms with E-state index in [1.54, 1.807) is 11.1 Å². The minimum absolute atomic E-state index is 0.348. The molecule has 0 aliphatic heterocycles. The third kappa shape index (κ3) is 4.87. The number of hydrogen-bond acceptors (Lipinski definition) is 1. The summed E-state index contributed by atoms with van der Waals surface area (Å²) in [6.07, 6.45) is 18.1. The third-order valence-electron chi connectivity index (χ3n) is 10.4. The van der Waals surface area contributed by atoms with Gasteiger partial charge >= 0.3 is 0 Å². The zero-order chi connectivity index (χ0) is 22.8. The van der Waals surface area contributed by atoms with Crippen molar-refractivity contribution in [3.05, 3.63) is 23.3 Å². The van der Waals surface area contributed by atoms with Crippen molar-refractivity contribution in [3.8, 4) is 0 Å². The molecule has 1 nitrogen and oxygen atoms in total. The normalized spacial score (nSPS) is 39.5. The minimum Gasteiger partial charge on any atom is -0.396 e. The van der Waals surface area contributed by atoms with E-state index in [2.05, 4.69) is 60.6 Å². The number of hydrogen-bond donors (Lipinski definition) is 1. The van der Waals surface area contributed by atoms with Crippen molar-refractivity contribution < 1.29 is 5.11 Å². The molecular formula is C30H52O. The Morgan fingerprint density at radius 1 is 1.06 bits per heavy atom. The van der Waals surface area contributed by atoms with Gasteiger partial charge in [0, 0.05) is 6.61 Å². The summed E-state index contributed by atoms with van der Waals surface area (Å²) >= 11 is 0. The fourth-order valence-electron chi connectivity index (χ4n) is 8.56. The van der Waals surface area contributed by atoms with E-state index in [0.29, 0.717) is 23.4 Å². The van der Waals surface area contributed by atoms with Crippen LogP contribution in [0.3, 0.4) is 0 Å². The first-order valence-electron chi connectivity index (χ1n) is 13.6. The van der Waals surface area contributed by atoms with Gasteiger partial charge in [-0.3, -0.25) is 0 Å². The molecule has 3 saturated carbocycles. The molecule has 31 heavy (non-hydrogen) atoms. The molecule has 0 radical (unpaired) electrons. The largest absolute Gasteiger partial charge is 0.396 e. The monoisotopic (exact) mass is 428 g/mol. The Balaban J connectivity index is 1.81. The van der Waals surface area contributed by atoms with Crippen LogP contribution >= 0.6 is 0 Å². The number of rotatable bonds is 7. The maximum Gasteiger partial charge on any atom is 0.0431 e. The van der Waals surface area contributed by atoms with Crippen LogP contribution in [-0.4, -0.2) is 11.7 Å². The van der Waals surface area contributed by atoms with Gasteiger partial charge in [0.2, 0.25) is 0 Å². The quantitative estimate of drug-likeness (QED) is 0.402. The molecule has 0 spiro atoms. The Morgan fingerprint density at radius 3 is 2.42 bits per heavy atom. The van der Waals surface area contributed by atoms with Crippen molar-refractivity contribution >= 4 is 0 Å². The first-order valence-corrected chi connectivity index (χ1v) is 13.6. The average Bonchev–Trinajstić information content (AvgIpc) is 2.85. The number of aliphatic hydroxyl groups is 1. The Morgan fingerprint density at radius 2 is 1.77 bits per heavy atom. The highest BCUT2D eigenvalue weighted by Crippen LogP contribution is 2.70. The van der Waals surface area contributed by atoms with Gasteiger partial charge in [0.1, 0.15) is 0 Å². The lowest BCUT2D eigenvalue weighted by Crippen LogP contribution is -2.49. The highest BCUT2D eigenvalue weighted by molar-refractivity contribution is 5.19. The van der Waals surface area contributed by atoms with Crippen molar-refractivity contribution in [2.45, 2.75) is 113 Å². The summed E-state index contributed by atoms with van der Waals surface area (Å²) < 4.78 is 0. The summed E-state index contributed by atoms with van der Waals surface area (Å²) in [7, 11) is 0. The molecule has 7 atom stereocenters. The molecule has 0 heterocycles. The molecular weight excluding hydrogens is 376 g/mol. The van der Waals surface area contributed by atoms with E-state index >= 15 is 0 Å². The summed E-state index contributed by atoms with van der Waals surface area (Å²) in [5.41, 5.74) is 4.32. The Labute approximate surface area is 194 Å². The van der Waals surface area contributed by atoms with Crippen LogP contribution in [0.2, 0.25) is 0 Å². The molecule has 178 valence electrons. The van der Waals surface area contributed by atoms with Gasteiger partial charge in [0.15, 0.2) is 0 Å². The van der Waals surface area contributed by atoms with Crippen molar-refractivity contribution in [2.75, 3.05) is 6.61 Å². The molecule has 3 fully saturated rings. The first kappa shape index (κ1) is 25.1. The van der Waals surface area contributed by atoms with E-state index in [-0.39, 0.29) is 0 Å². The molecule has 1 N–H and O–H groups in total. The zero-order valence-electron chi connectivity index (χ0n) is 21.8. The molecule has 0 bridgehead atoms. The number of allylic oxidation sites excluding steroid dienone is 4. The predicted molar refractivity (Wildman–Crippen MR) is 135 cm³/mol. The summed E-state index contributed by atoms with van der Waals surface area (Å²) in [5, 5.41) is 9.47. The van der Waals surface area contributed by atoms with E-state index in [1.807, 2.05) is 0 Å². The molecule has 0 saturated heterocycles. The number of aliphatic hydroxyl groups excluding tert-OH is 1. The first-order chi connectivity index (χ1) is 14.6. The van der Waals surface area contributed by atoms with E-state index < -0.39 is 0 Å². The average molecular weight is 429 g/mol. The standard InChI is InChI=1S/C30H52O/c1-21(2)10-8-11-23(5)27-16-18-30(7)28-14-13-26(22(3)4)24(12-9-19-31)20-25(28)15-17-29(27,30)6/h8,10,21,23-25,27-28,31H,9,11-20H2,1-7H3/b10-8+/t23-,24?,25?,27+,28+,29+,30-/m1/s1. The fraction of sp³-hybridized carbons (Fsp3) is 0.867. The summed E-state index contributed by atoms with van der Waals surface area (Å²) in [6.45, 7) is 17.5. The Bertz CT molecular complexity index is 653. The van der Waals surface area contributed by atoms with E-state index in [9.17, 15) is 5.11 Å². The van der Waals surface area contributed by atoms with Crippen LogP contribution < -0.4 is 0 Å². The maximum absolute atomic E-state index is 9.47. The highest BCUT2D eigenvalue weighted by atomic mass is 16.2. The second kappa shape index (κ2) is 10.1. The van der Waals surface area contributed by atoms with Gasteiger partial charge < -0.3 is 5.11 Å². The lowest BCUT2D eigenvalue weighted by molar-refractivity contribution is -0.0805. The molecule has 0 amide bonds. The van der Waals surface area contributed by atoms with Gasteiger partial charge in [-0.25, -0.2) is 0 Å². The fourth-order valence-corrected chi connectivity index (χ4v) is 8.56. The highest BCUT2D eigenvalue weighted by Gasteiger charge is 2.61. The predicted octanol–water partition coefficient (Wildman–Crippen LogP) is 8.58. The lowest BCUT2D eigenvalue weighted by Gasteiger charge is -2.57. The summed E-state index contributed by atoms with van der Waals surface area (Å²) in [5.74, 6) is 4.86.